The molecule has 2 aromatic heterocycles. The van der Waals surface area contributed by atoms with Gasteiger partial charge >= 0.3 is 5.97 Å². The summed E-state index contributed by atoms with van der Waals surface area (Å²) in [6, 6.07) is 6.99. The van der Waals surface area contributed by atoms with Crippen molar-refractivity contribution in [2.75, 3.05) is 44.3 Å². The molecule has 0 radical (unpaired) electrons. The van der Waals surface area contributed by atoms with Crippen molar-refractivity contribution in [1.29, 1.82) is 0 Å². The van der Waals surface area contributed by atoms with Crippen molar-refractivity contribution in [1.82, 2.24) is 14.9 Å². The van der Waals surface area contributed by atoms with E-state index in [1.807, 2.05) is 0 Å². The standard InChI is InChI=1S/C29H34N4O4/c1-4-29(33-11-13-37-14-12-33)7-9-32(10-8-29)23-16-21-20(17-30-23)25(34)24-19-6-5-18(27(35)36)15-22(19)31-26(24)28(21,2)3/h5-6,15-17,31H,4,7-14H2,1-3H3,(H,35,36). The largest absolute Gasteiger partial charge is 0.478 e. The molecule has 2 saturated heterocycles. The van der Waals surface area contributed by atoms with Crippen LogP contribution in [-0.4, -0.2) is 76.7 Å². The van der Waals surface area contributed by atoms with Crippen LogP contribution < -0.4 is 4.90 Å². The number of hydrogen-bond donors (Lipinski definition) is 2. The number of carbonyl (C=O) groups excluding carboxylic acids is 1. The molecule has 1 aromatic carbocycles. The Bertz CT molecular complexity index is 1390. The number of ketones is 1. The smallest absolute Gasteiger partial charge is 0.335 e. The molecule has 3 aromatic rings. The van der Waals surface area contributed by atoms with Crippen molar-refractivity contribution in [3.8, 4) is 0 Å². The topological polar surface area (TPSA) is 98.8 Å². The number of H-pyrrole nitrogens is 1. The first-order valence-electron chi connectivity index (χ1n) is 13.3. The van der Waals surface area contributed by atoms with Crippen LogP contribution in [0.5, 0.6) is 0 Å². The van der Waals surface area contributed by atoms with Gasteiger partial charge in [-0.05, 0) is 43.0 Å². The lowest BCUT2D eigenvalue weighted by atomic mass is 9.72. The number of aromatic amines is 1. The minimum atomic E-state index is -0.987. The number of benzene rings is 1. The van der Waals surface area contributed by atoms with Crippen LogP contribution >= 0.6 is 0 Å². The van der Waals surface area contributed by atoms with Crippen LogP contribution in [0.25, 0.3) is 10.9 Å². The van der Waals surface area contributed by atoms with Crippen molar-refractivity contribution in [3.05, 3.63) is 58.4 Å². The van der Waals surface area contributed by atoms with Gasteiger partial charge in [0.05, 0.1) is 24.3 Å². The number of ether oxygens (including phenoxy) is 1. The summed E-state index contributed by atoms with van der Waals surface area (Å²) in [6.07, 6.45) is 5.05. The van der Waals surface area contributed by atoms with Crippen LogP contribution in [0, 0.1) is 0 Å². The van der Waals surface area contributed by atoms with Gasteiger partial charge in [0.25, 0.3) is 0 Å². The zero-order valence-corrected chi connectivity index (χ0v) is 21.8. The van der Waals surface area contributed by atoms with Crippen molar-refractivity contribution in [2.24, 2.45) is 0 Å². The fourth-order valence-corrected chi connectivity index (χ4v) is 6.70. The molecular weight excluding hydrogens is 468 g/mol. The zero-order valence-electron chi connectivity index (χ0n) is 21.8. The molecule has 2 aliphatic heterocycles. The Hall–Kier alpha value is -3.23. The van der Waals surface area contributed by atoms with E-state index in [0.29, 0.717) is 16.6 Å². The molecule has 2 fully saturated rings. The number of morpholine rings is 1. The molecule has 0 amide bonds. The summed E-state index contributed by atoms with van der Waals surface area (Å²) in [4.78, 5) is 38.3. The number of aromatic nitrogens is 2. The molecule has 3 aliphatic rings. The number of carboxylic acid groups (broad SMARTS) is 1. The summed E-state index contributed by atoms with van der Waals surface area (Å²) in [6.45, 7) is 12.0. The second-order valence-electron chi connectivity index (χ2n) is 11.1. The third-order valence-electron chi connectivity index (χ3n) is 9.06. The number of fused-ring (bicyclic) bond motifs is 4. The number of piperidine rings is 1. The summed E-state index contributed by atoms with van der Waals surface area (Å²) in [7, 11) is 0. The Morgan fingerprint density at radius 3 is 2.54 bits per heavy atom. The van der Waals surface area contributed by atoms with Gasteiger partial charge in [-0.3, -0.25) is 9.69 Å². The SMILES string of the molecule is CCC1(N2CCOCC2)CCN(c2cc3c(cn2)C(=O)c2c([nH]c4cc(C(=O)O)ccc24)C3(C)C)CC1. The monoisotopic (exact) mass is 502 g/mol. The van der Waals surface area contributed by atoms with E-state index in [2.05, 4.69) is 41.6 Å². The summed E-state index contributed by atoms with van der Waals surface area (Å²) in [5.74, 6) is -0.132. The van der Waals surface area contributed by atoms with Gasteiger partial charge < -0.3 is 19.7 Å². The van der Waals surface area contributed by atoms with Gasteiger partial charge in [0, 0.05) is 65.5 Å². The summed E-state index contributed by atoms with van der Waals surface area (Å²) < 4.78 is 5.59. The number of anilines is 1. The molecule has 6 rings (SSSR count). The number of aromatic carboxylic acids is 1. The third-order valence-corrected chi connectivity index (χ3v) is 9.06. The second-order valence-corrected chi connectivity index (χ2v) is 11.1. The van der Waals surface area contributed by atoms with Gasteiger partial charge in [-0.15, -0.1) is 0 Å². The number of nitrogens with zero attached hydrogens (tertiary/aromatic N) is 3. The van der Waals surface area contributed by atoms with E-state index in [-0.39, 0.29) is 16.9 Å². The van der Waals surface area contributed by atoms with Crippen LogP contribution in [0.1, 0.15) is 77.6 Å². The van der Waals surface area contributed by atoms with Crippen LogP contribution in [0.4, 0.5) is 5.82 Å². The number of nitrogens with one attached hydrogen (secondary N) is 1. The predicted octanol–water partition coefficient (Wildman–Crippen LogP) is 4.21. The molecule has 1 aliphatic carbocycles. The van der Waals surface area contributed by atoms with E-state index in [0.717, 1.165) is 81.1 Å². The number of rotatable bonds is 4. The maximum Gasteiger partial charge on any atom is 0.335 e. The molecular formula is C29H34N4O4. The molecule has 0 saturated carbocycles. The lowest BCUT2D eigenvalue weighted by molar-refractivity contribution is -0.0341. The first-order chi connectivity index (χ1) is 17.7. The molecule has 2 N–H and O–H groups in total. The Kier molecular flexibility index (Phi) is 5.65. The molecule has 0 spiro atoms. The summed E-state index contributed by atoms with van der Waals surface area (Å²) in [5, 5.41) is 10.2. The molecule has 37 heavy (non-hydrogen) atoms. The number of carbonyl (C=O) groups is 2. The minimum absolute atomic E-state index is 0.0614. The molecule has 0 unspecified atom stereocenters. The van der Waals surface area contributed by atoms with Crippen molar-refractivity contribution in [2.45, 2.75) is 51.0 Å². The maximum atomic E-state index is 13.7. The quantitative estimate of drug-likeness (QED) is 0.551. The van der Waals surface area contributed by atoms with Crippen molar-refractivity contribution in [3.63, 3.8) is 0 Å². The highest BCUT2D eigenvalue weighted by Gasteiger charge is 2.42. The lowest BCUT2D eigenvalue weighted by Crippen LogP contribution is -2.58. The van der Waals surface area contributed by atoms with Gasteiger partial charge in [-0.25, -0.2) is 9.78 Å². The van der Waals surface area contributed by atoms with Crippen LogP contribution in [0.3, 0.4) is 0 Å². The van der Waals surface area contributed by atoms with Gasteiger partial charge in [-0.2, -0.15) is 0 Å². The fourth-order valence-electron chi connectivity index (χ4n) is 6.70. The summed E-state index contributed by atoms with van der Waals surface area (Å²) in [5.41, 5.74) is 3.65. The van der Waals surface area contributed by atoms with E-state index in [4.69, 9.17) is 9.72 Å². The van der Waals surface area contributed by atoms with E-state index in [9.17, 15) is 14.7 Å². The first-order valence-corrected chi connectivity index (χ1v) is 13.3. The van der Waals surface area contributed by atoms with Gasteiger partial charge in [0.15, 0.2) is 5.78 Å². The van der Waals surface area contributed by atoms with E-state index >= 15 is 0 Å². The maximum absolute atomic E-state index is 13.7. The molecule has 0 bridgehead atoms. The van der Waals surface area contributed by atoms with Crippen molar-refractivity contribution >= 4 is 28.5 Å². The van der Waals surface area contributed by atoms with E-state index in [1.54, 1.807) is 24.4 Å². The fraction of sp³-hybridized carbons (Fsp3) is 0.483. The Labute approximate surface area is 216 Å². The molecule has 194 valence electrons. The normalized spacial score (nSPS) is 21.1. The van der Waals surface area contributed by atoms with Crippen molar-refractivity contribution < 1.29 is 19.4 Å². The minimum Gasteiger partial charge on any atom is -0.478 e. The zero-order chi connectivity index (χ0) is 25.9. The molecule has 0 atom stereocenters. The lowest BCUT2D eigenvalue weighted by Gasteiger charge is -2.50. The van der Waals surface area contributed by atoms with E-state index in [1.165, 1.54) is 0 Å². The average molecular weight is 503 g/mol. The van der Waals surface area contributed by atoms with Crippen LogP contribution in [-0.2, 0) is 10.2 Å². The number of pyridine rings is 1. The molecule has 8 heteroatoms. The average Bonchev–Trinajstić information content (AvgIpc) is 3.32. The highest BCUT2D eigenvalue weighted by atomic mass is 16.5. The molecule has 4 heterocycles. The first kappa shape index (κ1) is 24.1. The van der Waals surface area contributed by atoms with Gasteiger partial charge in [-0.1, -0.05) is 26.8 Å². The third kappa shape index (κ3) is 3.68. The predicted molar refractivity (Wildman–Crippen MR) is 142 cm³/mol. The van der Waals surface area contributed by atoms with E-state index < -0.39 is 11.4 Å². The summed E-state index contributed by atoms with van der Waals surface area (Å²) >= 11 is 0. The Morgan fingerprint density at radius 1 is 1.14 bits per heavy atom. The van der Waals surface area contributed by atoms with Crippen LogP contribution in [0.15, 0.2) is 30.5 Å². The number of hydrogen-bond acceptors (Lipinski definition) is 6. The highest BCUT2D eigenvalue weighted by molar-refractivity contribution is 6.20. The Morgan fingerprint density at radius 2 is 1.86 bits per heavy atom. The highest BCUT2D eigenvalue weighted by Crippen LogP contribution is 2.45. The van der Waals surface area contributed by atoms with Gasteiger partial charge in [0.1, 0.15) is 5.82 Å². The van der Waals surface area contributed by atoms with Crippen LogP contribution in [0.2, 0.25) is 0 Å². The molecule has 8 nitrogen and oxygen atoms in total. The Balaban J connectivity index is 1.32. The number of carboxylic acids is 1. The van der Waals surface area contributed by atoms with Gasteiger partial charge in [0.2, 0.25) is 0 Å². The second kappa shape index (κ2) is 8.67.